The third kappa shape index (κ3) is 14.6. The minimum Gasteiger partial charge on any atom is -0.359 e. The molecule has 2 saturated heterocycles. The summed E-state index contributed by atoms with van der Waals surface area (Å²) in [4.78, 5) is 45.6. The molecule has 158 valence electrons. The van der Waals surface area contributed by atoms with Crippen LogP contribution in [-0.2, 0) is 19.2 Å². The number of rotatable bonds is 1. The van der Waals surface area contributed by atoms with Crippen molar-refractivity contribution in [1.82, 2.24) is 20.0 Å². The van der Waals surface area contributed by atoms with E-state index in [9.17, 15) is 23.6 Å². The highest BCUT2D eigenvalue weighted by atomic mass is 19.1. The first-order valence-corrected chi connectivity index (χ1v) is 8.89. The molecule has 0 saturated carbocycles. The molecule has 0 aromatic heterocycles. The Balaban J connectivity index is 0. The summed E-state index contributed by atoms with van der Waals surface area (Å²) in [6, 6.07) is 0. The fourth-order valence-corrected chi connectivity index (χ4v) is 1.56. The van der Waals surface area contributed by atoms with Gasteiger partial charge >= 0.3 is 0 Å². The monoisotopic (exact) mass is 390 g/mol. The van der Waals surface area contributed by atoms with Crippen molar-refractivity contribution >= 4 is 23.6 Å². The van der Waals surface area contributed by atoms with Gasteiger partial charge in [-0.25, -0.2) is 0 Å². The van der Waals surface area contributed by atoms with Gasteiger partial charge < -0.3 is 20.0 Å². The molecule has 2 heterocycles. The quantitative estimate of drug-likeness (QED) is 0.707. The lowest BCUT2D eigenvalue weighted by molar-refractivity contribution is -0.135. The highest BCUT2D eigenvalue weighted by Gasteiger charge is 2.27. The zero-order valence-corrected chi connectivity index (χ0v) is 17.7. The van der Waals surface area contributed by atoms with Crippen LogP contribution in [0.4, 0.5) is 4.39 Å². The number of nitrogens with one attached hydrogen (secondary N) is 1. The van der Waals surface area contributed by atoms with Crippen LogP contribution in [0.5, 0.6) is 0 Å². The van der Waals surface area contributed by atoms with Gasteiger partial charge in [-0.15, -0.1) is 0 Å². The van der Waals surface area contributed by atoms with Crippen LogP contribution in [-0.4, -0.2) is 92.3 Å². The van der Waals surface area contributed by atoms with Crippen LogP contribution in [0.1, 0.15) is 34.1 Å². The van der Waals surface area contributed by atoms with Gasteiger partial charge in [-0.1, -0.05) is 0 Å². The molecule has 0 aliphatic carbocycles. The van der Waals surface area contributed by atoms with Crippen molar-refractivity contribution in [1.29, 1.82) is 0 Å². The number of nitrogens with zero attached hydrogens (tertiary/aromatic N) is 3. The summed E-state index contributed by atoms with van der Waals surface area (Å²) in [6.45, 7) is 9.03. The molecular formula is C18H35FN4O4. The van der Waals surface area contributed by atoms with E-state index in [-0.39, 0.29) is 36.2 Å². The lowest BCUT2D eigenvalue weighted by Crippen LogP contribution is -2.49. The number of halogens is 1. The zero-order valence-electron chi connectivity index (χ0n) is 17.7. The van der Waals surface area contributed by atoms with E-state index in [0.29, 0.717) is 13.1 Å². The molecule has 0 atom stereocenters. The van der Waals surface area contributed by atoms with Crippen molar-refractivity contribution in [2.75, 3.05) is 54.0 Å². The molecule has 2 aliphatic heterocycles. The maximum absolute atomic E-state index is 11.7. The summed E-state index contributed by atoms with van der Waals surface area (Å²) in [6.07, 6.45) is 1.19. The maximum atomic E-state index is 11.7. The van der Waals surface area contributed by atoms with Crippen molar-refractivity contribution in [2.24, 2.45) is 5.92 Å². The normalized spacial score (nSPS) is 14.4. The van der Waals surface area contributed by atoms with Gasteiger partial charge in [0.15, 0.2) is 0 Å². The van der Waals surface area contributed by atoms with E-state index in [1.54, 1.807) is 33.0 Å². The van der Waals surface area contributed by atoms with Gasteiger partial charge in [-0.2, -0.15) is 0 Å². The summed E-state index contributed by atoms with van der Waals surface area (Å²) < 4.78 is 11.7. The summed E-state index contributed by atoms with van der Waals surface area (Å²) >= 11 is 0. The second-order valence-corrected chi connectivity index (χ2v) is 6.52. The van der Waals surface area contributed by atoms with Crippen LogP contribution in [0.15, 0.2) is 0 Å². The Labute approximate surface area is 162 Å². The highest BCUT2D eigenvalue weighted by Crippen LogP contribution is 2.14. The van der Waals surface area contributed by atoms with E-state index in [4.69, 9.17) is 0 Å². The lowest BCUT2D eigenvalue weighted by atomic mass is 10.0. The Morgan fingerprint density at radius 2 is 1.33 bits per heavy atom. The first kappa shape index (κ1) is 27.0. The minimum atomic E-state index is -0.288. The van der Waals surface area contributed by atoms with Crippen molar-refractivity contribution in [2.45, 2.75) is 34.1 Å². The number of amides is 4. The smallest absolute Gasteiger partial charge is 0.219 e. The average molecular weight is 391 g/mol. The third-order valence-corrected chi connectivity index (χ3v) is 3.90. The van der Waals surface area contributed by atoms with Crippen LogP contribution in [0.3, 0.4) is 0 Å². The zero-order chi connectivity index (χ0) is 21.6. The maximum Gasteiger partial charge on any atom is 0.219 e. The molecule has 4 amide bonds. The molecule has 0 spiro atoms. The Bertz CT molecular complexity index is 476. The molecule has 9 heteroatoms. The molecule has 0 unspecified atom stereocenters. The summed E-state index contributed by atoms with van der Waals surface area (Å²) in [5.41, 5.74) is 0. The van der Waals surface area contributed by atoms with Crippen LogP contribution in [0, 0.1) is 5.92 Å². The van der Waals surface area contributed by atoms with E-state index in [0.717, 1.165) is 13.1 Å². The van der Waals surface area contributed by atoms with Gasteiger partial charge in [0.05, 0.1) is 6.67 Å². The van der Waals surface area contributed by atoms with Crippen molar-refractivity contribution in [3.05, 3.63) is 0 Å². The highest BCUT2D eigenvalue weighted by molar-refractivity contribution is 5.74. The van der Waals surface area contributed by atoms with E-state index in [2.05, 4.69) is 5.32 Å². The fraction of sp³-hybridized carbons (Fsp3) is 0.778. The van der Waals surface area contributed by atoms with Gasteiger partial charge in [0.25, 0.3) is 0 Å². The summed E-state index contributed by atoms with van der Waals surface area (Å²) in [7, 11) is 5.05. The largest absolute Gasteiger partial charge is 0.359 e. The predicted octanol–water partition coefficient (Wildman–Crippen LogP) is 0.520. The van der Waals surface area contributed by atoms with Gasteiger partial charge in [0.1, 0.15) is 0 Å². The number of carbonyl (C=O) groups is 4. The average Bonchev–Trinajstić information content (AvgIpc) is 2.45. The van der Waals surface area contributed by atoms with Crippen molar-refractivity contribution in [3.8, 4) is 0 Å². The Morgan fingerprint density at radius 3 is 1.44 bits per heavy atom. The second-order valence-electron chi connectivity index (χ2n) is 6.52. The first-order chi connectivity index (χ1) is 12.5. The number of carbonyl (C=O) groups excluding carboxylic acids is 4. The van der Waals surface area contributed by atoms with Crippen LogP contribution in [0.2, 0.25) is 0 Å². The van der Waals surface area contributed by atoms with Crippen LogP contribution < -0.4 is 5.32 Å². The molecule has 27 heavy (non-hydrogen) atoms. The lowest BCUT2D eigenvalue weighted by Gasteiger charge is -2.36. The standard InChI is InChI=1S/C6H10FNO.C5H9NO.C4H9NO.C3H7NO/c1-5(9)8-3-6(2-7)4-8;1-5(7)6-3-2-4-6;1-4(6)5(2)3;1-3(5)4-2/h6H,2-4H2,1H3;2-4H2,1H3;1-3H3;1-2H3,(H,4,5). The molecule has 2 rings (SSSR count). The number of hydrogen-bond acceptors (Lipinski definition) is 4. The molecule has 0 bridgehead atoms. The molecule has 2 aliphatic rings. The summed E-state index contributed by atoms with van der Waals surface area (Å²) in [5.74, 6) is 0.486. The topological polar surface area (TPSA) is 90.0 Å². The molecule has 0 aromatic rings. The van der Waals surface area contributed by atoms with E-state index in [1.165, 1.54) is 32.1 Å². The van der Waals surface area contributed by atoms with Gasteiger partial charge in [-0.3, -0.25) is 23.6 Å². The van der Waals surface area contributed by atoms with Gasteiger partial charge in [0, 0.05) is 80.9 Å². The Kier molecular flexibility index (Phi) is 14.9. The first-order valence-electron chi connectivity index (χ1n) is 8.89. The van der Waals surface area contributed by atoms with E-state index in [1.807, 2.05) is 4.90 Å². The van der Waals surface area contributed by atoms with E-state index >= 15 is 0 Å². The molecule has 8 nitrogen and oxygen atoms in total. The summed E-state index contributed by atoms with van der Waals surface area (Å²) in [5, 5.41) is 2.39. The molecule has 0 aromatic carbocycles. The van der Waals surface area contributed by atoms with Crippen LogP contribution >= 0.6 is 0 Å². The molecule has 1 N–H and O–H groups in total. The van der Waals surface area contributed by atoms with Crippen molar-refractivity contribution < 1.29 is 23.6 Å². The minimum absolute atomic E-state index is 0.00463. The van der Waals surface area contributed by atoms with Gasteiger partial charge in [-0.05, 0) is 6.42 Å². The van der Waals surface area contributed by atoms with E-state index < -0.39 is 0 Å². The number of hydrogen-bond donors (Lipinski definition) is 1. The molecule has 2 fully saturated rings. The fourth-order valence-electron chi connectivity index (χ4n) is 1.56. The van der Waals surface area contributed by atoms with Gasteiger partial charge in [0.2, 0.25) is 23.6 Å². The molecular weight excluding hydrogens is 355 g/mol. The van der Waals surface area contributed by atoms with Crippen molar-refractivity contribution in [3.63, 3.8) is 0 Å². The number of alkyl halides is 1. The third-order valence-electron chi connectivity index (χ3n) is 3.90. The Morgan fingerprint density at radius 1 is 0.963 bits per heavy atom. The van der Waals surface area contributed by atoms with Crippen LogP contribution in [0.25, 0.3) is 0 Å². The number of likely N-dealkylation sites (tertiary alicyclic amines) is 2. The second kappa shape index (κ2) is 14.9. The molecule has 0 radical (unpaired) electrons. The predicted molar refractivity (Wildman–Crippen MR) is 103 cm³/mol. The SMILES string of the molecule is CC(=O)N(C)C.CC(=O)N1CC(CF)C1.CC(=O)N1CCC1.CNC(C)=O. The Hall–Kier alpha value is -2.19.